The highest BCUT2D eigenvalue weighted by atomic mass is 32.1. The van der Waals surface area contributed by atoms with E-state index in [2.05, 4.69) is 20.0 Å². The molecule has 126 valence electrons. The number of benzene rings is 1. The van der Waals surface area contributed by atoms with Gasteiger partial charge in [0.25, 0.3) is 0 Å². The van der Waals surface area contributed by atoms with Crippen LogP contribution in [-0.4, -0.2) is 28.3 Å². The summed E-state index contributed by atoms with van der Waals surface area (Å²) in [7, 11) is 1.46. The van der Waals surface area contributed by atoms with Crippen LogP contribution in [0.3, 0.4) is 0 Å². The van der Waals surface area contributed by atoms with Crippen molar-refractivity contribution in [3.05, 3.63) is 29.8 Å². The monoisotopic (exact) mass is 346 g/mol. The quantitative estimate of drug-likeness (QED) is 0.807. The van der Waals surface area contributed by atoms with Gasteiger partial charge in [-0.3, -0.25) is 10.1 Å². The zero-order valence-corrected chi connectivity index (χ0v) is 14.1. The van der Waals surface area contributed by atoms with E-state index in [1.165, 1.54) is 7.11 Å². The highest BCUT2D eigenvalue weighted by Gasteiger charge is 2.25. The maximum absolute atomic E-state index is 12.6. The van der Waals surface area contributed by atoms with Crippen molar-refractivity contribution in [3.63, 3.8) is 0 Å². The number of rotatable bonds is 5. The van der Waals surface area contributed by atoms with Gasteiger partial charge in [0.2, 0.25) is 5.13 Å². The number of nitrogens with zero attached hydrogens (tertiary/aromatic N) is 2. The highest BCUT2D eigenvalue weighted by molar-refractivity contribution is 7.10. The molecule has 24 heavy (non-hydrogen) atoms. The number of aromatic nitrogens is 2. The molecule has 2 amide bonds. The third kappa shape index (κ3) is 3.70. The lowest BCUT2D eigenvalue weighted by molar-refractivity contribution is 0.0924. The van der Waals surface area contributed by atoms with Gasteiger partial charge in [-0.05, 0) is 25.0 Å². The molecule has 7 nitrogen and oxygen atoms in total. The first-order valence-electron chi connectivity index (χ1n) is 7.76. The second-order valence-electron chi connectivity index (χ2n) is 5.56. The normalized spacial score (nSPS) is 14.4. The molecule has 8 heteroatoms. The zero-order chi connectivity index (χ0) is 16.9. The Balaban J connectivity index is 1.70. The molecule has 1 aliphatic rings. The lowest BCUT2D eigenvalue weighted by Gasteiger charge is -2.13. The molecular weight excluding hydrogens is 328 g/mol. The van der Waals surface area contributed by atoms with Crippen LogP contribution in [0.5, 0.6) is 6.01 Å². The second-order valence-corrected chi connectivity index (χ2v) is 6.31. The Hall–Kier alpha value is -2.48. The number of carbonyl (C=O) groups is 2. The lowest BCUT2D eigenvalue weighted by atomic mass is 9.95. The molecule has 1 aromatic carbocycles. The molecule has 0 saturated heterocycles. The van der Waals surface area contributed by atoms with Gasteiger partial charge in [0.15, 0.2) is 5.78 Å². The first-order chi connectivity index (χ1) is 11.7. The standard InChI is InChI=1S/C16H18N4O3S/c1-23-15-19-16(24-20-15)18-14(22)17-12-9-5-4-8-11(12)13(21)10-6-2-3-7-10/h4-5,8-10H,2-3,6-7H2,1H3,(H2,17,18,19,20,22). The molecule has 0 aliphatic heterocycles. The van der Waals surface area contributed by atoms with Gasteiger partial charge in [0, 0.05) is 23.0 Å². The highest BCUT2D eigenvalue weighted by Crippen LogP contribution is 2.30. The van der Waals surface area contributed by atoms with Crippen LogP contribution >= 0.6 is 11.5 Å². The number of urea groups is 1. The first-order valence-corrected chi connectivity index (χ1v) is 8.53. The predicted octanol–water partition coefficient (Wildman–Crippen LogP) is 3.56. The summed E-state index contributed by atoms with van der Waals surface area (Å²) < 4.78 is 8.78. The fourth-order valence-corrected chi connectivity index (χ4v) is 3.35. The van der Waals surface area contributed by atoms with E-state index in [0.717, 1.165) is 37.2 Å². The Morgan fingerprint density at radius 1 is 1.21 bits per heavy atom. The molecule has 0 atom stereocenters. The SMILES string of the molecule is COc1nsc(NC(=O)Nc2ccccc2C(=O)C2CCCC2)n1. The molecule has 1 fully saturated rings. The van der Waals surface area contributed by atoms with E-state index in [4.69, 9.17) is 4.74 Å². The van der Waals surface area contributed by atoms with Gasteiger partial charge in [-0.2, -0.15) is 4.98 Å². The zero-order valence-electron chi connectivity index (χ0n) is 13.2. The van der Waals surface area contributed by atoms with E-state index in [1.807, 2.05) is 0 Å². The van der Waals surface area contributed by atoms with Crippen molar-refractivity contribution in [1.82, 2.24) is 9.36 Å². The molecular formula is C16H18N4O3S. The average molecular weight is 346 g/mol. The van der Waals surface area contributed by atoms with Crippen LogP contribution in [0.1, 0.15) is 36.0 Å². The minimum atomic E-state index is -0.472. The predicted molar refractivity (Wildman–Crippen MR) is 91.8 cm³/mol. The third-order valence-corrected chi connectivity index (χ3v) is 4.59. The molecule has 0 bridgehead atoms. The molecule has 3 rings (SSSR count). The van der Waals surface area contributed by atoms with Crippen LogP contribution in [-0.2, 0) is 0 Å². The second kappa shape index (κ2) is 7.39. The number of carbonyl (C=O) groups excluding carboxylic acids is 2. The Kier molecular flexibility index (Phi) is 5.05. The topological polar surface area (TPSA) is 93.2 Å². The van der Waals surface area contributed by atoms with Crippen molar-refractivity contribution in [3.8, 4) is 6.01 Å². The van der Waals surface area contributed by atoms with Crippen molar-refractivity contribution >= 4 is 34.2 Å². The minimum absolute atomic E-state index is 0.0587. The van der Waals surface area contributed by atoms with Crippen LogP contribution < -0.4 is 15.4 Å². The number of methoxy groups -OCH3 is 1. The molecule has 1 aliphatic carbocycles. The Bertz CT molecular complexity index is 740. The van der Waals surface area contributed by atoms with Gasteiger partial charge in [0.1, 0.15) is 0 Å². The minimum Gasteiger partial charge on any atom is -0.466 e. The van der Waals surface area contributed by atoms with Crippen molar-refractivity contribution in [2.24, 2.45) is 5.92 Å². The van der Waals surface area contributed by atoms with Gasteiger partial charge >= 0.3 is 12.0 Å². The van der Waals surface area contributed by atoms with Crippen molar-refractivity contribution in [2.45, 2.75) is 25.7 Å². The summed E-state index contributed by atoms with van der Waals surface area (Å²) in [5.74, 6) is 0.157. The van der Waals surface area contributed by atoms with Crippen molar-refractivity contribution < 1.29 is 14.3 Å². The lowest BCUT2D eigenvalue weighted by Crippen LogP contribution is -2.22. The number of anilines is 2. The smallest absolute Gasteiger partial charge is 0.329 e. The van der Waals surface area contributed by atoms with E-state index in [1.54, 1.807) is 24.3 Å². The van der Waals surface area contributed by atoms with Gasteiger partial charge in [-0.15, -0.1) is 4.37 Å². The summed E-state index contributed by atoms with van der Waals surface area (Å²) in [5, 5.41) is 5.63. The van der Waals surface area contributed by atoms with Gasteiger partial charge in [0.05, 0.1) is 12.8 Å². The van der Waals surface area contributed by atoms with Crippen LogP contribution in [0.2, 0.25) is 0 Å². The number of ketones is 1. The first kappa shape index (κ1) is 16.4. The van der Waals surface area contributed by atoms with E-state index in [0.29, 0.717) is 16.4 Å². The number of nitrogens with one attached hydrogen (secondary N) is 2. The Morgan fingerprint density at radius 3 is 2.67 bits per heavy atom. The largest absolute Gasteiger partial charge is 0.466 e. The van der Waals surface area contributed by atoms with Crippen molar-refractivity contribution in [1.29, 1.82) is 0 Å². The number of hydrogen-bond acceptors (Lipinski definition) is 6. The summed E-state index contributed by atoms with van der Waals surface area (Å²) in [6, 6.07) is 6.80. The number of hydrogen-bond donors (Lipinski definition) is 2. The number of para-hydroxylation sites is 1. The van der Waals surface area contributed by atoms with Crippen LogP contribution in [0.15, 0.2) is 24.3 Å². The number of Topliss-reactive ketones (excluding diaryl/α,β-unsaturated/α-hetero) is 1. The summed E-state index contributed by atoms with van der Waals surface area (Å²) in [5.41, 5.74) is 1.05. The number of ether oxygens (including phenoxy) is 1. The average Bonchev–Trinajstić information content (AvgIpc) is 3.26. The third-order valence-electron chi connectivity index (χ3n) is 3.98. The summed E-state index contributed by atoms with van der Waals surface area (Å²) >= 11 is 1.02. The Labute approximate surface area is 143 Å². The maximum atomic E-state index is 12.6. The molecule has 2 aromatic rings. The fourth-order valence-electron chi connectivity index (χ4n) is 2.81. The molecule has 1 aromatic heterocycles. The van der Waals surface area contributed by atoms with Gasteiger partial charge in [-0.1, -0.05) is 25.0 Å². The van der Waals surface area contributed by atoms with E-state index in [-0.39, 0.29) is 17.7 Å². The van der Waals surface area contributed by atoms with Crippen LogP contribution in [0.25, 0.3) is 0 Å². The maximum Gasteiger partial charge on any atom is 0.329 e. The molecule has 1 heterocycles. The summed E-state index contributed by atoms with van der Waals surface area (Å²) in [6.07, 6.45) is 4.02. The molecule has 0 unspecified atom stereocenters. The molecule has 1 saturated carbocycles. The van der Waals surface area contributed by atoms with Crippen LogP contribution in [0, 0.1) is 5.92 Å². The summed E-state index contributed by atoms with van der Waals surface area (Å²) in [6.45, 7) is 0. The van der Waals surface area contributed by atoms with E-state index >= 15 is 0 Å². The van der Waals surface area contributed by atoms with Gasteiger partial charge < -0.3 is 10.1 Å². The van der Waals surface area contributed by atoms with Gasteiger partial charge in [-0.25, -0.2) is 4.79 Å². The van der Waals surface area contributed by atoms with Crippen molar-refractivity contribution in [2.75, 3.05) is 17.7 Å². The molecule has 0 spiro atoms. The number of amides is 2. The summed E-state index contributed by atoms with van der Waals surface area (Å²) in [4.78, 5) is 28.8. The Morgan fingerprint density at radius 2 is 1.96 bits per heavy atom. The fraction of sp³-hybridized carbons (Fsp3) is 0.375. The van der Waals surface area contributed by atoms with Crippen LogP contribution in [0.4, 0.5) is 15.6 Å². The molecule has 0 radical (unpaired) electrons. The molecule has 2 N–H and O–H groups in total. The van der Waals surface area contributed by atoms with E-state index in [9.17, 15) is 9.59 Å². The van der Waals surface area contributed by atoms with E-state index < -0.39 is 6.03 Å².